The van der Waals surface area contributed by atoms with E-state index < -0.39 is 0 Å². The van der Waals surface area contributed by atoms with Crippen LogP contribution in [0.25, 0.3) is 132 Å². The molecule has 142 heavy (non-hydrogen) atoms. The van der Waals surface area contributed by atoms with Gasteiger partial charge >= 0.3 is 0 Å². The molecule has 0 saturated heterocycles. The number of benzene rings is 19. The molecule has 19 aromatic carbocycles. The number of hydrogen-bond acceptors (Lipinski definition) is 9. The van der Waals surface area contributed by atoms with E-state index in [9.17, 15) is 0 Å². The highest BCUT2D eigenvalue weighted by atomic mass is 16.5. The second kappa shape index (κ2) is 33.9. The first-order valence-corrected chi connectivity index (χ1v) is 48.8. The summed E-state index contributed by atoms with van der Waals surface area (Å²) in [6, 6.07) is 162. The van der Waals surface area contributed by atoms with Crippen molar-refractivity contribution in [3.63, 3.8) is 0 Å². The van der Waals surface area contributed by atoms with Gasteiger partial charge in [-0.2, -0.15) is 0 Å². The highest BCUT2D eigenvalue weighted by Crippen LogP contribution is 2.57. The first kappa shape index (κ1) is 83.2. The lowest BCUT2D eigenvalue weighted by Crippen LogP contribution is -2.51. The van der Waals surface area contributed by atoms with Gasteiger partial charge in [-0.05, 0) is 322 Å². The minimum atomic E-state index is -0.149. The molecule has 4 atom stereocenters. The molecule has 1 fully saturated rings. The van der Waals surface area contributed by atoms with Crippen LogP contribution in [-0.4, -0.2) is 63.4 Å². The maximum atomic E-state index is 5.94. The number of nitrogens with zero attached hydrogens (tertiary/aromatic N) is 10. The summed E-state index contributed by atoms with van der Waals surface area (Å²) in [7, 11) is 6.96. The average Bonchev–Trinajstić information content (AvgIpc) is 1.55. The van der Waals surface area contributed by atoms with Gasteiger partial charge in [0.25, 0.3) is 0 Å². The third-order valence-corrected chi connectivity index (χ3v) is 29.9. The number of rotatable bonds is 22. The molecule has 1 aliphatic heterocycles. The zero-order valence-electron chi connectivity index (χ0n) is 78.7. The van der Waals surface area contributed by atoms with Crippen LogP contribution in [0.1, 0.15) is 30.4 Å². The number of anilines is 12. The van der Waals surface area contributed by atoms with Crippen molar-refractivity contribution in [1.82, 2.24) is 22.8 Å². The number of allylic oxidation sites excluding steroid dienone is 1. The number of methoxy groups -OCH3 is 4. The van der Waals surface area contributed by atoms with Crippen molar-refractivity contribution < 1.29 is 18.9 Å². The number of ether oxygens (including phenoxy) is 4. The first-order valence-electron chi connectivity index (χ1n) is 48.8. The Bertz CT molecular complexity index is 8880. The molecule has 24 aromatic rings. The van der Waals surface area contributed by atoms with E-state index in [0.717, 1.165) is 214 Å². The lowest BCUT2D eigenvalue weighted by molar-refractivity contribution is 0.249. The van der Waals surface area contributed by atoms with Gasteiger partial charge in [0.1, 0.15) is 23.0 Å². The van der Waals surface area contributed by atoms with Crippen LogP contribution < -0.4 is 43.4 Å². The second-order valence-corrected chi connectivity index (χ2v) is 37.3. The molecule has 0 radical (unpaired) electrons. The maximum absolute atomic E-state index is 5.94. The normalized spacial score (nSPS) is 15.0. The fourth-order valence-corrected chi connectivity index (χ4v) is 23.4. The Balaban J connectivity index is 0.660. The molecule has 27 rings (SSSR count). The SMILES string of the molecule is COc1ccc(N(C2=CC3c4cc(N(c5ccc(OC)cc5)c5ccc6c(c5)c5ccccc5n6-c5ccccc5)ccc4N(C4CCC4n4c5ccc(N(c6ccc(OC)cc6)c6ccc7c(c6)c6ccccc6n7-c6ccccc6)cc5c5cc(N(c6ccc(OC)cc6)c6ccc7c(c6)c6ccccc6n7-c6ccccc6)ccc54)C3C=C2)c2ccc3c(c2)c2ccccc2n3-c2ccccc2)cc1. The molecule has 4 unspecified atom stereocenters. The van der Waals surface area contributed by atoms with E-state index in [4.69, 9.17) is 18.9 Å². The minimum absolute atomic E-state index is 0.00750. The summed E-state index contributed by atoms with van der Waals surface area (Å²) in [6.07, 6.45) is 9.40. The Kier molecular flexibility index (Phi) is 19.9. The molecular formula is C128H96N10O4. The van der Waals surface area contributed by atoms with E-state index in [1.54, 1.807) is 28.4 Å². The molecule has 0 spiro atoms. The molecule has 1 saturated carbocycles. The smallest absolute Gasteiger partial charge is 0.119 e. The zero-order chi connectivity index (χ0) is 94.3. The Hall–Kier alpha value is -18.1. The Labute approximate surface area is 821 Å². The number of para-hydroxylation sites is 8. The molecule has 14 heteroatoms. The topological polar surface area (TPSA) is 77.8 Å². The van der Waals surface area contributed by atoms with E-state index in [1.165, 1.54) is 32.8 Å². The summed E-state index contributed by atoms with van der Waals surface area (Å²) >= 11 is 0. The predicted octanol–water partition coefficient (Wildman–Crippen LogP) is 32.6. The molecule has 5 aromatic heterocycles. The van der Waals surface area contributed by atoms with Crippen LogP contribution in [0, 0.1) is 0 Å². The van der Waals surface area contributed by atoms with Crippen molar-refractivity contribution in [3.05, 3.63) is 472 Å². The largest absolute Gasteiger partial charge is 0.497 e. The van der Waals surface area contributed by atoms with Gasteiger partial charge in [0, 0.05) is 168 Å². The van der Waals surface area contributed by atoms with Crippen molar-refractivity contribution >= 4 is 177 Å². The summed E-state index contributed by atoms with van der Waals surface area (Å²) in [4.78, 5) is 12.6. The Morgan fingerprint density at radius 1 is 0.225 bits per heavy atom. The van der Waals surface area contributed by atoms with Gasteiger partial charge in [-0.25, -0.2) is 0 Å². The van der Waals surface area contributed by atoms with Crippen LogP contribution in [0.3, 0.4) is 0 Å². The lowest BCUT2D eigenvalue weighted by atomic mass is 9.82. The quantitative estimate of drug-likeness (QED) is 0.0659. The molecule has 2 aliphatic carbocycles. The van der Waals surface area contributed by atoms with Crippen molar-refractivity contribution in [2.45, 2.75) is 36.9 Å². The van der Waals surface area contributed by atoms with E-state index in [-0.39, 0.29) is 24.0 Å². The number of aromatic nitrogens is 5. The van der Waals surface area contributed by atoms with Crippen LogP contribution in [0.15, 0.2) is 467 Å². The number of hydrogen-bond donors (Lipinski definition) is 0. The van der Waals surface area contributed by atoms with Gasteiger partial charge in [-0.3, -0.25) is 0 Å². The lowest BCUT2D eigenvalue weighted by Gasteiger charge is -2.48. The molecular weight excluding hydrogens is 1740 g/mol. The summed E-state index contributed by atoms with van der Waals surface area (Å²) in [6.45, 7) is 0. The summed E-state index contributed by atoms with van der Waals surface area (Å²) < 4.78 is 36.1. The molecule has 3 aliphatic rings. The average molecular weight is 1840 g/mol. The summed E-state index contributed by atoms with van der Waals surface area (Å²) in [5, 5.41) is 11.6. The standard InChI is InChI=1S/C128H96N10O4/c1-139-99-57-41-87(42-58-99)129(91-49-65-119-107(75-91)103-33-17-21-37-115(103)133(119)83-25-9-5-10-26-83)95-53-69-123-111(79-95)112-80-96(130(88-43-59-100(140-2)60-44-88)92-50-66-120-108(76-92)104-34-18-22-38-116(104)134(120)84-27-11-6-12-28-84)54-70-124(112)137(123)127-73-74-128(127)138-125-71-55-97(131(89-45-61-101(141-3)62-46-89)93-51-67-121-109(77-93)105-35-19-23-39-117(105)135(121)85-29-13-7-14-30-85)81-113(125)114-82-98(56-72-126(114)138)132(90-47-63-102(142-4)64-48-90)94-52-68-122-110(78-94)106-36-20-24-40-118(106)136(122)86-31-15-8-16-32-86/h5-72,75-82,111,123,127-128H,73-74H2,1-4H3. The third kappa shape index (κ3) is 13.5. The molecule has 14 nitrogen and oxygen atoms in total. The van der Waals surface area contributed by atoms with Gasteiger partial charge < -0.3 is 66.3 Å². The highest BCUT2D eigenvalue weighted by molar-refractivity contribution is 6.16. The monoisotopic (exact) mass is 1840 g/mol. The van der Waals surface area contributed by atoms with E-state index in [0.29, 0.717) is 0 Å². The summed E-state index contributed by atoms with van der Waals surface area (Å²) in [5.74, 6) is 2.98. The number of fused-ring (bicyclic) bond motifs is 18. The van der Waals surface area contributed by atoms with Crippen molar-refractivity contribution in [2.75, 3.05) is 52.9 Å². The van der Waals surface area contributed by atoms with Gasteiger partial charge in [-0.15, -0.1) is 0 Å². The van der Waals surface area contributed by atoms with Gasteiger partial charge in [0.15, 0.2) is 0 Å². The van der Waals surface area contributed by atoms with Crippen LogP contribution in [0.2, 0.25) is 0 Å². The first-order chi connectivity index (χ1) is 70.2. The molecule has 0 bridgehead atoms. The van der Waals surface area contributed by atoms with E-state index in [1.807, 2.05) is 0 Å². The zero-order valence-corrected chi connectivity index (χ0v) is 78.7. The molecule has 682 valence electrons. The molecule has 6 heterocycles. The fraction of sp³-hybridized carbons (Fsp3) is 0.0781. The van der Waals surface area contributed by atoms with Crippen LogP contribution in [0.4, 0.5) is 68.2 Å². The van der Waals surface area contributed by atoms with E-state index >= 15 is 0 Å². The van der Waals surface area contributed by atoms with Gasteiger partial charge in [0.2, 0.25) is 0 Å². The fourth-order valence-electron chi connectivity index (χ4n) is 23.4. The minimum Gasteiger partial charge on any atom is -0.497 e. The van der Waals surface area contributed by atoms with Crippen LogP contribution in [0.5, 0.6) is 23.0 Å². The van der Waals surface area contributed by atoms with Crippen molar-refractivity contribution in [3.8, 4) is 45.7 Å². The van der Waals surface area contributed by atoms with Crippen molar-refractivity contribution in [1.29, 1.82) is 0 Å². The summed E-state index contributed by atoms with van der Waals surface area (Å²) in [5.41, 5.74) is 30.6. The van der Waals surface area contributed by atoms with Gasteiger partial charge in [-0.1, -0.05) is 158 Å². The van der Waals surface area contributed by atoms with Crippen LogP contribution >= 0.6 is 0 Å². The molecule has 0 amide bonds. The predicted molar refractivity (Wildman–Crippen MR) is 587 cm³/mol. The molecule has 0 N–H and O–H groups in total. The van der Waals surface area contributed by atoms with Crippen LogP contribution in [-0.2, 0) is 0 Å². The third-order valence-electron chi connectivity index (χ3n) is 29.9. The van der Waals surface area contributed by atoms with Crippen molar-refractivity contribution in [2.24, 2.45) is 0 Å². The second-order valence-electron chi connectivity index (χ2n) is 37.3. The van der Waals surface area contributed by atoms with Gasteiger partial charge in [0.05, 0.1) is 90.7 Å². The maximum Gasteiger partial charge on any atom is 0.119 e. The Morgan fingerprint density at radius 2 is 0.479 bits per heavy atom. The Morgan fingerprint density at radius 3 is 0.789 bits per heavy atom. The van der Waals surface area contributed by atoms with E-state index in [2.05, 4.69) is 508 Å². The highest BCUT2D eigenvalue weighted by Gasteiger charge is 2.48.